The molecule has 0 fully saturated rings. The summed E-state index contributed by atoms with van der Waals surface area (Å²) in [5, 5.41) is 4.18. The van der Waals surface area contributed by atoms with Crippen LogP contribution >= 0.6 is 11.3 Å². The quantitative estimate of drug-likeness (QED) is 0.789. The molecule has 0 amide bonds. The SMILES string of the molecule is CCCNCc1sc(-c2ccccc2F)nc1C(C)C. The molecular formula is C16H21FN2S. The summed E-state index contributed by atoms with van der Waals surface area (Å²) in [7, 11) is 0. The average molecular weight is 292 g/mol. The minimum Gasteiger partial charge on any atom is -0.312 e. The summed E-state index contributed by atoms with van der Waals surface area (Å²) in [6.45, 7) is 8.21. The molecule has 0 radical (unpaired) electrons. The van der Waals surface area contributed by atoms with E-state index in [1.165, 1.54) is 10.9 Å². The number of hydrogen-bond donors (Lipinski definition) is 1. The summed E-state index contributed by atoms with van der Waals surface area (Å²) in [6, 6.07) is 6.84. The topological polar surface area (TPSA) is 24.9 Å². The first-order valence-corrected chi connectivity index (χ1v) is 7.90. The predicted octanol–water partition coefficient (Wildman–Crippen LogP) is 4.57. The summed E-state index contributed by atoms with van der Waals surface area (Å²) in [4.78, 5) is 5.87. The highest BCUT2D eigenvalue weighted by atomic mass is 32.1. The van der Waals surface area contributed by atoms with E-state index in [0.717, 1.165) is 30.2 Å². The fraction of sp³-hybridized carbons (Fsp3) is 0.438. The molecule has 1 N–H and O–H groups in total. The van der Waals surface area contributed by atoms with Gasteiger partial charge in [-0.15, -0.1) is 11.3 Å². The Morgan fingerprint density at radius 3 is 2.70 bits per heavy atom. The third-order valence-corrected chi connectivity index (χ3v) is 4.20. The standard InChI is InChI=1S/C16H21FN2S/c1-4-9-18-10-14-15(11(2)3)19-16(20-14)12-7-5-6-8-13(12)17/h5-8,11,18H,4,9-10H2,1-3H3. The molecule has 1 heterocycles. The predicted molar refractivity (Wildman–Crippen MR) is 83.6 cm³/mol. The molecule has 4 heteroatoms. The van der Waals surface area contributed by atoms with Gasteiger partial charge in [0, 0.05) is 17.0 Å². The Labute approximate surface area is 124 Å². The van der Waals surface area contributed by atoms with Crippen molar-refractivity contribution in [2.45, 2.75) is 39.7 Å². The molecule has 1 aromatic carbocycles. The number of nitrogens with one attached hydrogen (secondary N) is 1. The van der Waals surface area contributed by atoms with Gasteiger partial charge in [0.15, 0.2) is 0 Å². The Bertz CT molecular complexity index is 563. The molecular weight excluding hydrogens is 271 g/mol. The molecule has 0 aliphatic heterocycles. The number of rotatable bonds is 6. The molecule has 108 valence electrons. The zero-order valence-corrected chi connectivity index (χ0v) is 13.1. The largest absolute Gasteiger partial charge is 0.312 e. The van der Waals surface area contributed by atoms with Gasteiger partial charge >= 0.3 is 0 Å². The molecule has 0 aliphatic rings. The highest BCUT2D eigenvalue weighted by Crippen LogP contribution is 2.32. The number of hydrogen-bond acceptors (Lipinski definition) is 3. The van der Waals surface area contributed by atoms with Crippen LogP contribution in [0, 0.1) is 5.82 Å². The van der Waals surface area contributed by atoms with E-state index in [1.54, 1.807) is 23.5 Å². The van der Waals surface area contributed by atoms with Crippen LogP contribution in [0.3, 0.4) is 0 Å². The van der Waals surface area contributed by atoms with Crippen LogP contribution in [0.25, 0.3) is 10.6 Å². The molecule has 0 aliphatic carbocycles. The lowest BCUT2D eigenvalue weighted by Gasteiger charge is -2.05. The Morgan fingerprint density at radius 2 is 2.05 bits per heavy atom. The Kier molecular flexibility index (Phi) is 5.26. The van der Waals surface area contributed by atoms with E-state index in [2.05, 4.69) is 31.1 Å². The van der Waals surface area contributed by atoms with Crippen molar-refractivity contribution in [3.8, 4) is 10.6 Å². The van der Waals surface area contributed by atoms with E-state index >= 15 is 0 Å². The highest BCUT2D eigenvalue weighted by Gasteiger charge is 2.16. The first-order valence-electron chi connectivity index (χ1n) is 7.08. The first-order chi connectivity index (χ1) is 9.63. The second kappa shape index (κ2) is 6.95. The van der Waals surface area contributed by atoms with E-state index < -0.39 is 0 Å². The molecule has 0 atom stereocenters. The van der Waals surface area contributed by atoms with E-state index in [4.69, 9.17) is 0 Å². The van der Waals surface area contributed by atoms with Crippen molar-refractivity contribution in [3.63, 3.8) is 0 Å². The Balaban J connectivity index is 2.31. The van der Waals surface area contributed by atoms with Gasteiger partial charge in [-0.05, 0) is 31.0 Å². The molecule has 2 rings (SSSR count). The van der Waals surface area contributed by atoms with Crippen LogP contribution in [0.15, 0.2) is 24.3 Å². The zero-order valence-electron chi connectivity index (χ0n) is 12.2. The normalized spacial score (nSPS) is 11.2. The van der Waals surface area contributed by atoms with E-state index in [9.17, 15) is 4.39 Å². The van der Waals surface area contributed by atoms with Crippen LogP contribution in [0.5, 0.6) is 0 Å². The molecule has 0 unspecified atom stereocenters. The van der Waals surface area contributed by atoms with Gasteiger partial charge in [-0.1, -0.05) is 32.9 Å². The van der Waals surface area contributed by atoms with Gasteiger partial charge in [-0.3, -0.25) is 0 Å². The van der Waals surface area contributed by atoms with Gasteiger partial charge in [0.1, 0.15) is 10.8 Å². The average Bonchev–Trinajstić information content (AvgIpc) is 2.84. The van der Waals surface area contributed by atoms with Crippen molar-refractivity contribution in [1.29, 1.82) is 0 Å². The molecule has 0 spiro atoms. The summed E-state index contributed by atoms with van der Waals surface area (Å²) < 4.78 is 13.9. The maximum absolute atomic E-state index is 13.9. The lowest BCUT2D eigenvalue weighted by Crippen LogP contribution is -2.14. The van der Waals surface area contributed by atoms with Gasteiger partial charge in [-0.25, -0.2) is 9.37 Å². The van der Waals surface area contributed by atoms with Crippen LogP contribution in [0.1, 0.15) is 43.7 Å². The fourth-order valence-electron chi connectivity index (χ4n) is 2.07. The third-order valence-electron chi connectivity index (χ3n) is 3.09. The minimum absolute atomic E-state index is 0.204. The molecule has 20 heavy (non-hydrogen) atoms. The van der Waals surface area contributed by atoms with Crippen molar-refractivity contribution in [2.24, 2.45) is 0 Å². The number of nitrogens with zero attached hydrogens (tertiary/aromatic N) is 1. The second-order valence-corrected chi connectivity index (χ2v) is 6.22. The highest BCUT2D eigenvalue weighted by molar-refractivity contribution is 7.15. The van der Waals surface area contributed by atoms with Crippen LogP contribution < -0.4 is 5.32 Å². The van der Waals surface area contributed by atoms with Gasteiger partial charge in [0.05, 0.1) is 5.69 Å². The molecule has 0 bridgehead atoms. The van der Waals surface area contributed by atoms with Gasteiger partial charge < -0.3 is 5.32 Å². The molecule has 1 aromatic heterocycles. The lowest BCUT2D eigenvalue weighted by atomic mass is 10.1. The van der Waals surface area contributed by atoms with Crippen molar-refractivity contribution in [2.75, 3.05) is 6.54 Å². The number of aromatic nitrogens is 1. The van der Waals surface area contributed by atoms with Crippen molar-refractivity contribution >= 4 is 11.3 Å². The second-order valence-electron chi connectivity index (χ2n) is 5.14. The Hall–Kier alpha value is -1.26. The van der Waals surface area contributed by atoms with E-state index in [1.807, 2.05) is 6.07 Å². The van der Waals surface area contributed by atoms with Crippen molar-refractivity contribution < 1.29 is 4.39 Å². The lowest BCUT2D eigenvalue weighted by molar-refractivity contribution is 0.631. The first kappa shape index (κ1) is 15.1. The fourth-order valence-corrected chi connectivity index (χ4v) is 3.28. The van der Waals surface area contributed by atoms with Crippen LogP contribution in [-0.2, 0) is 6.54 Å². The maximum Gasteiger partial charge on any atom is 0.133 e. The molecule has 0 saturated heterocycles. The molecule has 2 nitrogen and oxygen atoms in total. The van der Waals surface area contributed by atoms with Crippen LogP contribution in [0.2, 0.25) is 0 Å². The van der Waals surface area contributed by atoms with Crippen molar-refractivity contribution in [1.82, 2.24) is 10.3 Å². The monoisotopic (exact) mass is 292 g/mol. The smallest absolute Gasteiger partial charge is 0.133 e. The number of benzene rings is 1. The van der Waals surface area contributed by atoms with Crippen LogP contribution in [0.4, 0.5) is 4.39 Å². The maximum atomic E-state index is 13.9. The van der Waals surface area contributed by atoms with Gasteiger partial charge in [-0.2, -0.15) is 0 Å². The van der Waals surface area contributed by atoms with Gasteiger partial charge in [0.25, 0.3) is 0 Å². The number of thiazole rings is 1. The van der Waals surface area contributed by atoms with E-state index in [-0.39, 0.29) is 5.82 Å². The van der Waals surface area contributed by atoms with Crippen LogP contribution in [-0.4, -0.2) is 11.5 Å². The Morgan fingerprint density at radius 1 is 1.30 bits per heavy atom. The zero-order chi connectivity index (χ0) is 14.5. The summed E-state index contributed by atoms with van der Waals surface area (Å²) >= 11 is 1.59. The summed E-state index contributed by atoms with van der Waals surface area (Å²) in [6.07, 6.45) is 1.11. The third kappa shape index (κ3) is 3.44. The summed E-state index contributed by atoms with van der Waals surface area (Å²) in [5.74, 6) is 0.148. The number of halogens is 1. The summed E-state index contributed by atoms with van der Waals surface area (Å²) in [5.41, 5.74) is 1.68. The molecule has 2 aromatic rings. The molecule has 0 saturated carbocycles. The van der Waals surface area contributed by atoms with E-state index in [0.29, 0.717) is 11.5 Å². The van der Waals surface area contributed by atoms with Crippen molar-refractivity contribution in [3.05, 3.63) is 40.7 Å². The van der Waals surface area contributed by atoms with Gasteiger partial charge in [0.2, 0.25) is 0 Å². The minimum atomic E-state index is -0.204.